The van der Waals surface area contributed by atoms with Crippen LogP contribution in [0, 0.1) is 5.92 Å². The number of methoxy groups -OCH3 is 1. The number of nitrogens with zero attached hydrogens (tertiary/aromatic N) is 1. The maximum atomic E-state index is 12.1. The summed E-state index contributed by atoms with van der Waals surface area (Å²) in [5, 5.41) is 2.96. The van der Waals surface area contributed by atoms with Gasteiger partial charge in [-0.3, -0.25) is 14.5 Å². The predicted octanol–water partition coefficient (Wildman–Crippen LogP) is 1.72. The first kappa shape index (κ1) is 19.4. The van der Waals surface area contributed by atoms with Crippen molar-refractivity contribution < 1.29 is 19.1 Å². The number of rotatable bonds is 8. The summed E-state index contributed by atoms with van der Waals surface area (Å²) in [6.07, 6.45) is 1.51. The molecule has 2 rings (SSSR count). The largest absolute Gasteiger partial charge is 0.466 e. The Morgan fingerprint density at radius 1 is 1.24 bits per heavy atom. The Labute approximate surface area is 149 Å². The van der Waals surface area contributed by atoms with E-state index >= 15 is 0 Å². The van der Waals surface area contributed by atoms with Gasteiger partial charge in [0.05, 0.1) is 25.7 Å². The molecule has 1 N–H and O–H groups in total. The lowest BCUT2D eigenvalue weighted by atomic mass is 9.97. The minimum Gasteiger partial charge on any atom is -0.466 e. The van der Waals surface area contributed by atoms with Crippen LogP contribution in [0.3, 0.4) is 0 Å². The van der Waals surface area contributed by atoms with Crippen LogP contribution >= 0.6 is 0 Å². The molecule has 0 saturated carbocycles. The summed E-state index contributed by atoms with van der Waals surface area (Å²) in [4.78, 5) is 26.0. The number of hydrogen-bond acceptors (Lipinski definition) is 5. The van der Waals surface area contributed by atoms with Crippen molar-refractivity contribution in [2.24, 2.45) is 5.92 Å². The highest BCUT2D eigenvalue weighted by atomic mass is 16.5. The summed E-state index contributed by atoms with van der Waals surface area (Å²) in [6.45, 7) is 5.19. The molecule has 1 fully saturated rings. The molecule has 1 saturated heterocycles. The Kier molecular flexibility index (Phi) is 7.88. The number of ether oxygens (including phenoxy) is 2. The Hall–Kier alpha value is -1.92. The molecule has 1 heterocycles. The molecule has 1 aliphatic heterocycles. The second-order valence-corrected chi connectivity index (χ2v) is 6.33. The maximum Gasteiger partial charge on any atom is 0.309 e. The van der Waals surface area contributed by atoms with Crippen molar-refractivity contribution in [1.29, 1.82) is 0 Å². The summed E-state index contributed by atoms with van der Waals surface area (Å²) in [5.41, 5.74) is 2.15. The SMILES string of the molecule is CCOC(=O)C1CCN(CC(=O)NCc2cccc(COC)c2)CC1. The van der Waals surface area contributed by atoms with Crippen LogP contribution in [0.2, 0.25) is 0 Å². The van der Waals surface area contributed by atoms with E-state index in [1.165, 1.54) is 0 Å². The first-order chi connectivity index (χ1) is 12.1. The number of carbonyl (C=O) groups excluding carboxylic acids is 2. The summed E-state index contributed by atoms with van der Waals surface area (Å²) in [5.74, 6) is -0.128. The average Bonchev–Trinajstić information content (AvgIpc) is 2.61. The van der Waals surface area contributed by atoms with E-state index in [0.29, 0.717) is 26.3 Å². The van der Waals surface area contributed by atoms with Crippen molar-refractivity contribution in [3.8, 4) is 0 Å². The molecule has 6 heteroatoms. The van der Waals surface area contributed by atoms with E-state index in [2.05, 4.69) is 10.2 Å². The first-order valence-corrected chi connectivity index (χ1v) is 8.84. The minimum atomic E-state index is -0.109. The van der Waals surface area contributed by atoms with Crippen LogP contribution in [0.5, 0.6) is 0 Å². The quantitative estimate of drug-likeness (QED) is 0.725. The van der Waals surface area contributed by atoms with E-state index in [1.54, 1.807) is 7.11 Å². The van der Waals surface area contributed by atoms with E-state index in [9.17, 15) is 9.59 Å². The van der Waals surface area contributed by atoms with Crippen LogP contribution < -0.4 is 5.32 Å². The minimum absolute atomic E-state index is 0.00623. The van der Waals surface area contributed by atoms with Crippen molar-refractivity contribution in [2.45, 2.75) is 32.9 Å². The van der Waals surface area contributed by atoms with Crippen LogP contribution in [-0.4, -0.2) is 50.1 Å². The predicted molar refractivity (Wildman–Crippen MR) is 94.8 cm³/mol. The average molecular weight is 348 g/mol. The van der Waals surface area contributed by atoms with Crippen LogP contribution in [0.25, 0.3) is 0 Å². The third-order valence-corrected chi connectivity index (χ3v) is 4.37. The van der Waals surface area contributed by atoms with Gasteiger partial charge in [-0.2, -0.15) is 0 Å². The number of hydrogen-bond donors (Lipinski definition) is 1. The van der Waals surface area contributed by atoms with Gasteiger partial charge in [0.1, 0.15) is 0 Å². The number of piperidine rings is 1. The molecule has 25 heavy (non-hydrogen) atoms. The van der Waals surface area contributed by atoms with E-state index < -0.39 is 0 Å². The van der Waals surface area contributed by atoms with Gasteiger partial charge in [-0.05, 0) is 44.0 Å². The summed E-state index contributed by atoms with van der Waals surface area (Å²) in [7, 11) is 1.67. The number of nitrogens with one attached hydrogen (secondary N) is 1. The van der Waals surface area contributed by atoms with Crippen LogP contribution in [0.4, 0.5) is 0 Å². The van der Waals surface area contributed by atoms with E-state index in [1.807, 2.05) is 31.2 Å². The van der Waals surface area contributed by atoms with Gasteiger partial charge >= 0.3 is 5.97 Å². The van der Waals surface area contributed by atoms with Crippen LogP contribution in [0.15, 0.2) is 24.3 Å². The van der Waals surface area contributed by atoms with Crippen molar-refractivity contribution in [2.75, 3.05) is 33.4 Å². The molecule has 0 unspecified atom stereocenters. The van der Waals surface area contributed by atoms with Gasteiger partial charge in [0.25, 0.3) is 0 Å². The molecule has 0 aliphatic carbocycles. The number of likely N-dealkylation sites (tertiary alicyclic amines) is 1. The lowest BCUT2D eigenvalue weighted by Crippen LogP contribution is -2.42. The number of benzene rings is 1. The smallest absolute Gasteiger partial charge is 0.309 e. The molecule has 0 bridgehead atoms. The molecule has 0 radical (unpaired) electrons. The molecule has 6 nitrogen and oxygen atoms in total. The van der Waals surface area contributed by atoms with Crippen LogP contribution in [0.1, 0.15) is 30.9 Å². The molecular weight excluding hydrogens is 320 g/mol. The summed E-state index contributed by atoms with van der Waals surface area (Å²) >= 11 is 0. The lowest BCUT2D eigenvalue weighted by molar-refractivity contribution is -0.149. The lowest BCUT2D eigenvalue weighted by Gasteiger charge is -2.30. The summed E-state index contributed by atoms with van der Waals surface area (Å²) < 4.78 is 10.2. The standard InChI is InChI=1S/C19H28N2O4/c1-3-25-19(23)17-7-9-21(10-8-17)13-18(22)20-12-15-5-4-6-16(11-15)14-24-2/h4-6,11,17H,3,7-10,12-14H2,1-2H3,(H,20,22). The Bertz CT molecular complexity index is 568. The fourth-order valence-electron chi connectivity index (χ4n) is 3.04. The number of amides is 1. The Morgan fingerprint density at radius 2 is 1.96 bits per heavy atom. The summed E-state index contributed by atoms with van der Waals surface area (Å²) in [6, 6.07) is 8.00. The van der Waals surface area contributed by atoms with Gasteiger partial charge in [-0.25, -0.2) is 0 Å². The molecule has 1 aromatic rings. The third-order valence-electron chi connectivity index (χ3n) is 4.37. The Morgan fingerprint density at radius 3 is 2.64 bits per heavy atom. The first-order valence-electron chi connectivity index (χ1n) is 8.84. The fraction of sp³-hybridized carbons (Fsp3) is 0.579. The maximum absolute atomic E-state index is 12.1. The monoisotopic (exact) mass is 348 g/mol. The van der Waals surface area contributed by atoms with Gasteiger partial charge in [-0.15, -0.1) is 0 Å². The number of carbonyl (C=O) groups is 2. The van der Waals surface area contributed by atoms with Crippen molar-refractivity contribution in [3.63, 3.8) is 0 Å². The fourth-order valence-corrected chi connectivity index (χ4v) is 3.04. The van der Waals surface area contributed by atoms with Gasteiger partial charge < -0.3 is 14.8 Å². The van der Waals surface area contributed by atoms with Gasteiger partial charge in [0.15, 0.2) is 0 Å². The van der Waals surface area contributed by atoms with E-state index in [0.717, 1.165) is 37.1 Å². The zero-order chi connectivity index (χ0) is 18.1. The molecular formula is C19H28N2O4. The molecule has 138 valence electrons. The van der Waals surface area contributed by atoms with Crippen molar-refractivity contribution >= 4 is 11.9 Å². The van der Waals surface area contributed by atoms with Crippen LogP contribution in [-0.2, 0) is 32.2 Å². The second-order valence-electron chi connectivity index (χ2n) is 6.33. The van der Waals surface area contributed by atoms with E-state index in [4.69, 9.17) is 9.47 Å². The zero-order valence-electron chi connectivity index (χ0n) is 15.1. The van der Waals surface area contributed by atoms with Crippen molar-refractivity contribution in [1.82, 2.24) is 10.2 Å². The highest BCUT2D eigenvalue weighted by Crippen LogP contribution is 2.18. The molecule has 1 aliphatic rings. The third kappa shape index (κ3) is 6.48. The second kappa shape index (κ2) is 10.2. The molecule has 1 aromatic carbocycles. The molecule has 0 atom stereocenters. The normalized spacial score (nSPS) is 15.8. The van der Waals surface area contributed by atoms with Gasteiger partial charge in [0, 0.05) is 13.7 Å². The topological polar surface area (TPSA) is 67.9 Å². The molecule has 0 spiro atoms. The highest BCUT2D eigenvalue weighted by molar-refractivity contribution is 5.78. The zero-order valence-corrected chi connectivity index (χ0v) is 15.1. The highest BCUT2D eigenvalue weighted by Gasteiger charge is 2.26. The van der Waals surface area contributed by atoms with Crippen molar-refractivity contribution in [3.05, 3.63) is 35.4 Å². The Balaban J connectivity index is 1.71. The van der Waals surface area contributed by atoms with Gasteiger partial charge in [0.2, 0.25) is 5.91 Å². The molecule has 0 aromatic heterocycles. The van der Waals surface area contributed by atoms with Gasteiger partial charge in [-0.1, -0.05) is 24.3 Å². The molecule has 1 amide bonds. The number of esters is 1. The van der Waals surface area contributed by atoms with E-state index in [-0.39, 0.29) is 17.8 Å².